The van der Waals surface area contributed by atoms with E-state index in [1.54, 1.807) is 0 Å². The largest absolute Gasteiger partial charge is 0.449 e. The predicted molar refractivity (Wildman–Crippen MR) is 54.8 cm³/mol. The van der Waals surface area contributed by atoms with Crippen LogP contribution in [0.3, 0.4) is 0 Å². The highest BCUT2D eigenvalue weighted by molar-refractivity contribution is 4.92. The van der Waals surface area contributed by atoms with Crippen LogP contribution in [0.1, 0.15) is 25.6 Å². The Bertz CT molecular complexity index is 295. The van der Waals surface area contributed by atoms with Crippen molar-refractivity contribution in [1.82, 2.24) is 15.5 Å². The van der Waals surface area contributed by atoms with Crippen LogP contribution in [0.5, 0.6) is 6.08 Å². The first-order valence-electron chi connectivity index (χ1n) is 5.54. The number of hydrogen-bond acceptors (Lipinski definition) is 5. The molecule has 0 bridgehead atoms. The van der Waals surface area contributed by atoms with E-state index in [-0.39, 0.29) is 6.08 Å². The highest BCUT2D eigenvalue weighted by Gasteiger charge is 2.16. The minimum Gasteiger partial charge on any atom is -0.449 e. The standard InChI is InChI=1S/C10H17N3O2/c1-2-14-10-12-9(13-15-10)6-8-4-3-5-11-7-8/h8,11H,2-7H2,1H3. The summed E-state index contributed by atoms with van der Waals surface area (Å²) >= 11 is 0. The van der Waals surface area contributed by atoms with E-state index in [4.69, 9.17) is 9.26 Å². The SMILES string of the molecule is CCOc1nc(CC2CCCNC2)no1. The molecule has 1 aliphatic rings. The number of nitrogens with zero attached hydrogens (tertiary/aromatic N) is 2. The molecule has 0 amide bonds. The predicted octanol–water partition coefficient (Wildman–Crippen LogP) is 1.01. The number of rotatable bonds is 4. The van der Waals surface area contributed by atoms with Crippen LogP contribution in [0.2, 0.25) is 0 Å². The zero-order chi connectivity index (χ0) is 10.5. The van der Waals surface area contributed by atoms with E-state index in [1.165, 1.54) is 12.8 Å². The van der Waals surface area contributed by atoms with Gasteiger partial charge in [0.05, 0.1) is 6.61 Å². The van der Waals surface area contributed by atoms with Crippen molar-refractivity contribution in [3.05, 3.63) is 5.82 Å². The third kappa shape index (κ3) is 2.92. The van der Waals surface area contributed by atoms with Crippen LogP contribution in [-0.4, -0.2) is 29.8 Å². The van der Waals surface area contributed by atoms with E-state index < -0.39 is 0 Å². The minimum absolute atomic E-state index is 0.288. The summed E-state index contributed by atoms with van der Waals surface area (Å²) in [7, 11) is 0. The van der Waals surface area contributed by atoms with Crippen molar-refractivity contribution < 1.29 is 9.26 Å². The van der Waals surface area contributed by atoms with Crippen molar-refractivity contribution >= 4 is 0 Å². The van der Waals surface area contributed by atoms with Gasteiger partial charge in [-0.1, -0.05) is 5.16 Å². The van der Waals surface area contributed by atoms with Gasteiger partial charge < -0.3 is 10.1 Å². The molecule has 84 valence electrons. The van der Waals surface area contributed by atoms with Gasteiger partial charge in [0.2, 0.25) is 0 Å². The molecule has 1 atom stereocenters. The number of piperidine rings is 1. The molecule has 0 aromatic carbocycles. The summed E-state index contributed by atoms with van der Waals surface area (Å²) in [5, 5.41) is 7.26. The summed E-state index contributed by atoms with van der Waals surface area (Å²) in [6, 6.07) is 0. The van der Waals surface area contributed by atoms with Crippen LogP contribution in [0.15, 0.2) is 4.52 Å². The summed E-state index contributed by atoms with van der Waals surface area (Å²) in [6.45, 7) is 4.65. The number of hydrogen-bond donors (Lipinski definition) is 1. The smallest absolute Gasteiger partial charge is 0.417 e. The van der Waals surface area contributed by atoms with Crippen molar-refractivity contribution in [2.75, 3.05) is 19.7 Å². The molecule has 1 aromatic heterocycles. The van der Waals surface area contributed by atoms with Gasteiger partial charge in [-0.05, 0) is 38.8 Å². The van der Waals surface area contributed by atoms with Gasteiger partial charge in [-0.3, -0.25) is 4.52 Å². The zero-order valence-corrected chi connectivity index (χ0v) is 9.03. The lowest BCUT2D eigenvalue weighted by Gasteiger charge is -2.20. The first-order chi connectivity index (χ1) is 7.38. The third-order valence-corrected chi connectivity index (χ3v) is 2.59. The Hall–Kier alpha value is -1.10. The average Bonchev–Trinajstić information content (AvgIpc) is 2.68. The molecule has 1 aliphatic heterocycles. The fourth-order valence-corrected chi connectivity index (χ4v) is 1.86. The molecule has 5 nitrogen and oxygen atoms in total. The highest BCUT2D eigenvalue weighted by Crippen LogP contribution is 2.16. The molecule has 1 fully saturated rings. The van der Waals surface area contributed by atoms with Crippen molar-refractivity contribution in [1.29, 1.82) is 0 Å². The molecule has 0 saturated carbocycles. The average molecular weight is 211 g/mol. The maximum atomic E-state index is 5.12. The molecule has 1 saturated heterocycles. The second-order valence-electron chi connectivity index (χ2n) is 3.83. The Balaban J connectivity index is 1.86. The van der Waals surface area contributed by atoms with Crippen molar-refractivity contribution in [2.45, 2.75) is 26.2 Å². The van der Waals surface area contributed by atoms with Gasteiger partial charge in [0.1, 0.15) is 0 Å². The van der Waals surface area contributed by atoms with E-state index in [1.807, 2.05) is 6.92 Å². The molecule has 0 spiro atoms. The van der Waals surface area contributed by atoms with Gasteiger partial charge in [0.25, 0.3) is 0 Å². The second-order valence-corrected chi connectivity index (χ2v) is 3.83. The third-order valence-electron chi connectivity index (χ3n) is 2.59. The summed E-state index contributed by atoms with van der Waals surface area (Å²) in [5.41, 5.74) is 0. The lowest BCUT2D eigenvalue weighted by molar-refractivity contribution is 0.215. The van der Waals surface area contributed by atoms with Gasteiger partial charge >= 0.3 is 6.08 Å². The van der Waals surface area contributed by atoms with E-state index in [0.29, 0.717) is 12.5 Å². The number of nitrogens with one attached hydrogen (secondary N) is 1. The van der Waals surface area contributed by atoms with Crippen LogP contribution in [0.25, 0.3) is 0 Å². The quantitative estimate of drug-likeness (QED) is 0.805. The van der Waals surface area contributed by atoms with Gasteiger partial charge in [0, 0.05) is 6.42 Å². The Labute approximate surface area is 89.2 Å². The Morgan fingerprint density at radius 1 is 1.60 bits per heavy atom. The fraction of sp³-hybridized carbons (Fsp3) is 0.800. The first-order valence-corrected chi connectivity index (χ1v) is 5.54. The van der Waals surface area contributed by atoms with Crippen LogP contribution in [-0.2, 0) is 6.42 Å². The monoisotopic (exact) mass is 211 g/mol. The topological polar surface area (TPSA) is 60.2 Å². The van der Waals surface area contributed by atoms with Crippen LogP contribution in [0, 0.1) is 5.92 Å². The number of aromatic nitrogens is 2. The minimum atomic E-state index is 0.288. The van der Waals surface area contributed by atoms with E-state index in [0.717, 1.165) is 25.3 Å². The number of ether oxygens (including phenoxy) is 1. The van der Waals surface area contributed by atoms with Crippen molar-refractivity contribution in [3.8, 4) is 6.08 Å². The van der Waals surface area contributed by atoms with E-state index in [2.05, 4.69) is 15.5 Å². The van der Waals surface area contributed by atoms with Crippen LogP contribution in [0.4, 0.5) is 0 Å². The summed E-state index contributed by atoms with van der Waals surface area (Å²) in [4.78, 5) is 4.17. The first kappa shape index (κ1) is 10.4. The molecule has 15 heavy (non-hydrogen) atoms. The lowest BCUT2D eigenvalue weighted by atomic mass is 9.96. The summed E-state index contributed by atoms with van der Waals surface area (Å²) < 4.78 is 10.1. The van der Waals surface area contributed by atoms with Gasteiger partial charge in [-0.2, -0.15) is 4.98 Å². The molecular formula is C10H17N3O2. The Morgan fingerprint density at radius 3 is 3.27 bits per heavy atom. The Morgan fingerprint density at radius 2 is 2.53 bits per heavy atom. The maximum absolute atomic E-state index is 5.12. The van der Waals surface area contributed by atoms with E-state index in [9.17, 15) is 0 Å². The van der Waals surface area contributed by atoms with Crippen LogP contribution >= 0.6 is 0 Å². The molecule has 0 aliphatic carbocycles. The lowest BCUT2D eigenvalue weighted by Crippen LogP contribution is -2.31. The second kappa shape index (κ2) is 5.11. The molecule has 2 heterocycles. The van der Waals surface area contributed by atoms with Gasteiger partial charge in [-0.15, -0.1) is 0 Å². The van der Waals surface area contributed by atoms with Gasteiger partial charge in [0.15, 0.2) is 5.82 Å². The Kier molecular flexibility index (Phi) is 3.55. The molecule has 5 heteroatoms. The normalized spacial score (nSPS) is 21.5. The molecule has 1 aromatic rings. The molecule has 1 N–H and O–H groups in total. The van der Waals surface area contributed by atoms with Gasteiger partial charge in [-0.25, -0.2) is 0 Å². The van der Waals surface area contributed by atoms with Crippen molar-refractivity contribution in [3.63, 3.8) is 0 Å². The summed E-state index contributed by atoms with van der Waals surface area (Å²) in [5.74, 6) is 1.39. The van der Waals surface area contributed by atoms with Crippen LogP contribution < -0.4 is 10.1 Å². The molecular weight excluding hydrogens is 194 g/mol. The molecule has 2 rings (SSSR count). The highest BCUT2D eigenvalue weighted by atomic mass is 16.6. The van der Waals surface area contributed by atoms with Crippen molar-refractivity contribution in [2.24, 2.45) is 5.92 Å². The zero-order valence-electron chi connectivity index (χ0n) is 9.03. The maximum Gasteiger partial charge on any atom is 0.417 e. The molecule has 1 unspecified atom stereocenters. The summed E-state index contributed by atoms with van der Waals surface area (Å²) in [6.07, 6.45) is 3.65. The fourth-order valence-electron chi connectivity index (χ4n) is 1.86. The molecule has 0 radical (unpaired) electrons. The van der Waals surface area contributed by atoms with E-state index >= 15 is 0 Å².